The van der Waals surface area contributed by atoms with Crippen molar-refractivity contribution in [3.63, 3.8) is 0 Å². The second kappa shape index (κ2) is 11.3. The minimum Gasteiger partial charge on any atom is -0.494 e. The highest BCUT2D eigenvalue weighted by molar-refractivity contribution is 6.00. The summed E-state index contributed by atoms with van der Waals surface area (Å²) in [5, 5.41) is 0. The first-order valence-corrected chi connectivity index (χ1v) is 13.7. The van der Waals surface area contributed by atoms with E-state index in [1.807, 2.05) is 12.3 Å². The van der Waals surface area contributed by atoms with Crippen molar-refractivity contribution in [1.29, 1.82) is 0 Å². The first-order chi connectivity index (χ1) is 16.8. The maximum atomic E-state index is 5.72. The molecule has 3 heterocycles. The Bertz CT molecular complexity index is 1010. The molecular weight excluding hydrogens is 418 g/mol. The van der Waals surface area contributed by atoms with Crippen LogP contribution in [0.2, 0.25) is 0 Å². The van der Waals surface area contributed by atoms with Gasteiger partial charge in [-0.25, -0.2) is 0 Å². The summed E-state index contributed by atoms with van der Waals surface area (Å²) < 4.78 is 5.72. The third kappa shape index (κ3) is 5.76. The van der Waals surface area contributed by atoms with Gasteiger partial charge in [-0.15, -0.1) is 0 Å². The van der Waals surface area contributed by atoms with Crippen LogP contribution < -0.4 is 4.74 Å². The third-order valence-electron chi connectivity index (χ3n) is 8.21. The highest BCUT2D eigenvalue weighted by atomic mass is 16.5. The molecule has 182 valence electrons. The van der Waals surface area contributed by atoms with Crippen molar-refractivity contribution in [3.05, 3.63) is 47.4 Å². The van der Waals surface area contributed by atoms with Crippen LogP contribution in [0.25, 0.3) is 17.5 Å². The number of nitrogens with zero attached hydrogens (tertiary/aromatic N) is 1. The maximum Gasteiger partial charge on any atom is 0.144 e. The molecule has 0 saturated heterocycles. The Morgan fingerprint density at radius 2 is 1.65 bits per heavy atom. The first-order valence-electron chi connectivity index (χ1n) is 13.7. The molecule has 0 spiro atoms. The predicted molar refractivity (Wildman–Crippen MR) is 142 cm³/mol. The Kier molecular flexibility index (Phi) is 7.72. The van der Waals surface area contributed by atoms with E-state index in [2.05, 4.69) is 34.3 Å². The molecule has 2 N–H and O–H groups in total. The van der Waals surface area contributed by atoms with Gasteiger partial charge in [0.05, 0.1) is 29.9 Å². The Morgan fingerprint density at radius 3 is 2.29 bits per heavy atom. The lowest BCUT2D eigenvalue weighted by Crippen LogP contribution is -2.07. The third-order valence-corrected chi connectivity index (χ3v) is 8.21. The summed E-state index contributed by atoms with van der Waals surface area (Å²) in [6.45, 7) is 0. The van der Waals surface area contributed by atoms with Crippen LogP contribution in [0.1, 0.15) is 95.6 Å². The molecule has 0 bridgehead atoms. The fourth-order valence-electron chi connectivity index (χ4n) is 6.16. The minimum absolute atomic E-state index is 0.870. The number of H-pyrrole nitrogens is 2. The Balaban J connectivity index is 1.34. The minimum atomic E-state index is 0.870. The summed E-state index contributed by atoms with van der Waals surface area (Å²) in [5.74, 6) is 2.66. The average Bonchev–Trinajstić information content (AvgIpc) is 3.63. The molecule has 0 amide bonds. The maximum absolute atomic E-state index is 5.72. The van der Waals surface area contributed by atoms with Crippen LogP contribution in [0.4, 0.5) is 0 Å². The van der Waals surface area contributed by atoms with Crippen LogP contribution >= 0.6 is 0 Å². The monoisotopic (exact) mass is 459 g/mol. The zero-order chi connectivity index (χ0) is 23.2. The van der Waals surface area contributed by atoms with Crippen molar-refractivity contribution in [2.24, 2.45) is 16.8 Å². The molecule has 2 aromatic rings. The first kappa shape index (κ1) is 23.3. The van der Waals surface area contributed by atoms with Crippen LogP contribution in [0.15, 0.2) is 46.7 Å². The standard InChI is InChI=1S/C30H41N3O/c1-34-30-21-28(26-13-8-18-31-26)33-29(30)20-27-24(16-14-22-9-4-2-5-10-22)19-25(32-27)17-15-23-11-6-3-7-12-23/h8,13,18-23,31,33H,2-7,9-12,14-17H2,1H3. The molecule has 4 heteroatoms. The van der Waals surface area contributed by atoms with Crippen molar-refractivity contribution in [2.75, 3.05) is 7.11 Å². The molecular formula is C30H41N3O. The van der Waals surface area contributed by atoms with E-state index in [0.29, 0.717) is 0 Å². The van der Waals surface area contributed by atoms with Crippen molar-refractivity contribution < 1.29 is 4.74 Å². The summed E-state index contributed by atoms with van der Waals surface area (Å²) in [5.41, 5.74) is 6.95. The number of ether oxygens (including phenoxy) is 1. The normalized spacial score (nSPS) is 21.1. The predicted octanol–water partition coefficient (Wildman–Crippen LogP) is 8.46. The quantitative estimate of drug-likeness (QED) is 0.388. The number of methoxy groups -OCH3 is 1. The number of allylic oxidation sites excluding steroid dienone is 2. The van der Waals surface area contributed by atoms with Gasteiger partial charge in [0, 0.05) is 18.0 Å². The van der Waals surface area contributed by atoms with E-state index in [9.17, 15) is 0 Å². The van der Waals surface area contributed by atoms with Gasteiger partial charge in [0.15, 0.2) is 0 Å². The van der Waals surface area contributed by atoms with Crippen molar-refractivity contribution in [2.45, 2.75) is 89.9 Å². The van der Waals surface area contributed by atoms with E-state index >= 15 is 0 Å². The molecule has 2 fully saturated rings. The molecule has 0 aromatic carbocycles. The van der Waals surface area contributed by atoms with Crippen molar-refractivity contribution in [3.8, 4) is 17.1 Å². The van der Waals surface area contributed by atoms with Crippen LogP contribution in [0.5, 0.6) is 5.75 Å². The van der Waals surface area contributed by atoms with E-state index < -0.39 is 0 Å². The number of aromatic nitrogens is 2. The number of aliphatic imine (C=N–C) groups is 1. The van der Waals surface area contributed by atoms with Gasteiger partial charge in [0.2, 0.25) is 0 Å². The molecule has 1 aliphatic heterocycles. The summed E-state index contributed by atoms with van der Waals surface area (Å²) in [6, 6.07) is 6.17. The van der Waals surface area contributed by atoms with Gasteiger partial charge in [-0.1, -0.05) is 64.2 Å². The van der Waals surface area contributed by atoms with Gasteiger partial charge in [-0.3, -0.25) is 4.99 Å². The van der Waals surface area contributed by atoms with Gasteiger partial charge in [-0.2, -0.15) is 0 Å². The van der Waals surface area contributed by atoms with Crippen LogP contribution in [0.3, 0.4) is 0 Å². The van der Waals surface area contributed by atoms with Crippen LogP contribution in [-0.2, 0) is 0 Å². The summed E-state index contributed by atoms with van der Waals surface area (Å²) in [7, 11) is 1.75. The summed E-state index contributed by atoms with van der Waals surface area (Å²) >= 11 is 0. The topological polar surface area (TPSA) is 53.2 Å². The zero-order valence-corrected chi connectivity index (χ0v) is 20.9. The SMILES string of the molecule is COc1cc(-c2ccc[nH]2)[nH]c1C=C1N=C(CCC2CCCCC2)C=C1CCC1CCCCC1. The fourth-order valence-corrected chi connectivity index (χ4v) is 6.16. The largest absolute Gasteiger partial charge is 0.494 e. The Labute approximate surface area is 205 Å². The van der Waals surface area contributed by atoms with Gasteiger partial charge in [0.25, 0.3) is 0 Å². The molecule has 2 aliphatic carbocycles. The van der Waals surface area contributed by atoms with Crippen molar-refractivity contribution >= 4 is 11.8 Å². The number of hydrogen-bond acceptors (Lipinski definition) is 2. The molecule has 2 saturated carbocycles. The number of nitrogens with one attached hydrogen (secondary N) is 2. The molecule has 0 atom stereocenters. The van der Waals surface area contributed by atoms with Crippen LogP contribution in [0, 0.1) is 11.8 Å². The van der Waals surface area contributed by atoms with E-state index in [-0.39, 0.29) is 0 Å². The highest BCUT2D eigenvalue weighted by Gasteiger charge is 2.21. The fraction of sp³-hybridized carbons (Fsp3) is 0.567. The summed E-state index contributed by atoms with van der Waals surface area (Å²) in [6.07, 6.45) is 25.6. The summed E-state index contributed by atoms with van der Waals surface area (Å²) in [4.78, 5) is 12.0. The van der Waals surface area contributed by atoms with E-state index in [1.54, 1.807) is 7.11 Å². The van der Waals surface area contributed by atoms with E-state index in [4.69, 9.17) is 9.73 Å². The van der Waals surface area contributed by atoms with Crippen LogP contribution in [-0.4, -0.2) is 22.8 Å². The molecule has 4 nitrogen and oxygen atoms in total. The van der Waals surface area contributed by atoms with Crippen molar-refractivity contribution in [1.82, 2.24) is 9.97 Å². The zero-order valence-electron chi connectivity index (χ0n) is 20.9. The van der Waals surface area contributed by atoms with E-state index in [0.717, 1.165) is 53.2 Å². The number of aromatic amines is 2. The van der Waals surface area contributed by atoms with Gasteiger partial charge in [0.1, 0.15) is 5.75 Å². The second-order valence-corrected chi connectivity index (χ2v) is 10.6. The smallest absolute Gasteiger partial charge is 0.144 e. The number of hydrogen-bond donors (Lipinski definition) is 2. The second-order valence-electron chi connectivity index (χ2n) is 10.6. The van der Waals surface area contributed by atoms with Gasteiger partial charge < -0.3 is 14.7 Å². The number of rotatable bonds is 9. The molecule has 0 unspecified atom stereocenters. The van der Waals surface area contributed by atoms with E-state index in [1.165, 1.54) is 88.3 Å². The Hall–Kier alpha value is -2.49. The molecule has 0 radical (unpaired) electrons. The lowest BCUT2D eigenvalue weighted by atomic mass is 9.84. The molecule has 2 aromatic heterocycles. The highest BCUT2D eigenvalue weighted by Crippen LogP contribution is 2.36. The molecule has 5 rings (SSSR count). The van der Waals surface area contributed by atoms with Gasteiger partial charge in [-0.05, 0) is 67.4 Å². The Morgan fingerprint density at radius 1 is 0.941 bits per heavy atom. The molecule has 34 heavy (non-hydrogen) atoms. The average molecular weight is 460 g/mol. The lowest BCUT2D eigenvalue weighted by Gasteiger charge is -2.21. The lowest BCUT2D eigenvalue weighted by molar-refractivity contribution is 0.339. The molecule has 3 aliphatic rings. The van der Waals surface area contributed by atoms with Gasteiger partial charge >= 0.3 is 0 Å².